The Morgan fingerprint density at radius 2 is 1.81 bits per heavy atom. The highest BCUT2D eigenvalue weighted by Gasteiger charge is 2.15. The second kappa shape index (κ2) is 10.1. The summed E-state index contributed by atoms with van der Waals surface area (Å²) in [4.78, 5) is 19.1. The normalized spacial score (nSPS) is 13.5. The van der Waals surface area contributed by atoms with E-state index in [0.29, 0.717) is 23.8 Å². The van der Waals surface area contributed by atoms with E-state index in [1.807, 2.05) is 55.5 Å². The predicted molar refractivity (Wildman–Crippen MR) is 128 cm³/mol. The van der Waals surface area contributed by atoms with Crippen molar-refractivity contribution in [1.82, 2.24) is 15.2 Å². The molecule has 0 atom stereocenters. The van der Waals surface area contributed by atoms with Gasteiger partial charge in [0.1, 0.15) is 11.7 Å². The number of aryl methyl sites for hydroxylation is 1. The van der Waals surface area contributed by atoms with Crippen LogP contribution in [0.25, 0.3) is 0 Å². The van der Waals surface area contributed by atoms with Crippen LogP contribution < -0.4 is 16.0 Å². The van der Waals surface area contributed by atoms with E-state index in [2.05, 4.69) is 25.8 Å². The summed E-state index contributed by atoms with van der Waals surface area (Å²) in [6.45, 7) is 6.08. The van der Waals surface area contributed by atoms with Crippen LogP contribution in [0.4, 0.5) is 11.5 Å². The Kier molecular flexibility index (Phi) is 6.77. The number of pyridine rings is 1. The molecule has 4 rings (SSSR count). The number of hydrogen-bond donors (Lipinski definition) is 4. The van der Waals surface area contributed by atoms with Crippen LogP contribution in [0.15, 0.2) is 66.9 Å². The average Bonchev–Trinajstić information content (AvgIpc) is 2.85. The molecular formula is C25H28N6O. The van der Waals surface area contributed by atoms with Gasteiger partial charge in [0, 0.05) is 50.2 Å². The fourth-order valence-corrected chi connectivity index (χ4v) is 3.61. The molecule has 0 spiro atoms. The van der Waals surface area contributed by atoms with Gasteiger partial charge in [-0.15, -0.1) is 0 Å². The number of carbonyl (C=O) groups excluding carboxylic acids is 1. The number of amides is 1. The van der Waals surface area contributed by atoms with E-state index in [1.54, 1.807) is 18.3 Å². The summed E-state index contributed by atoms with van der Waals surface area (Å²) < 4.78 is 0. The number of hydrogen-bond acceptors (Lipinski definition) is 5. The molecule has 0 aliphatic carbocycles. The minimum Gasteiger partial charge on any atom is -0.380 e. The summed E-state index contributed by atoms with van der Waals surface area (Å²) in [5.74, 6) is 0.889. The molecule has 164 valence electrons. The van der Waals surface area contributed by atoms with Gasteiger partial charge < -0.3 is 20.9 Å². The van der Waals surface area contributed by atoms with Gasteiger partial charge in [0.2, 0.25) is 0 Å². The summed E-state index contributed by atoms with van der Waals surface area (Å²) in [6, 6.07) is 19.2. The Bertz CT molecular complexity index is 1070. The number of amidine groups is 1. The standard InChI is InChI=1S/C25H28N6O/c1-18-6-11-23(29-16-18)30-25(32)21-4-2-3-5-22(21)28-17-19-7-9-20(10-8-19)24(26)31-14-12-27-13-15-31/h2-11,16,26-28H,12-15,17H2,1H3,(H,29,30,32). The molecule has 3 aromatic rings. The average molecular weight is 429 g/mol. The molecule has 1 fully saturated rings. The molecule has 4 N–H and O–H groups in total. The number of benzene rings is 2. The Morgan fingerprint density at radius 1 is 1.06 bits per heavy atom. The van der Waals surface area contributed by atoms with E-state index in [4.69, 9.17) is 5.41 Å². The second-order valence-corrected chi connectivity index (χ2v) is 7.86. The molecule has 32 heavy (non-hydrogen) atoms. The van der Waals surface area contributed by atoms with Crippen LogP contribution in [0.3, 0.4) is 0 Å². The Balaban J connectivity index is 1.39. The topological polar surface area (TPSA) is 93.1 Å². The van der Waals surface area contributed by atoms with Gasteiger partial charge in [-0.25, -0.2) is 4.98 Å². The zero-order valence-electron chi connectivity index (χ0n) is 18.2. The van der Waals surface area contributed by atoms with Gasteiger partial charge in [0.25, 0.3) is 5.91 Å². The van der Waals surface area contributed by atoms with Crippen LogP contribution in [0, 0.1) is 12.3 Å². The first-order chi connectivity index (χ1) is 15.6. The van der Waals surface area contributed by atoms with Crippen LogP contribution >= 0.6 is 0 Å². The van der Waals surface area contributed by atoms with Crippen LogP contribution in [0.5, 0.6) is 0 Å². The van der Waals surface area contributed by atoms with Crippen molar-refractivity contribution in [1.29, 1.82) is 5.41 Å². The Morgan fingerprint density at radius 3 is 2.53 bits per heavy atom. The number of piperazine rings is 1. The third-order valence-electron chi connectivity index (χ3n) is 5.47. The molecule has 1 aliphatic heterocycles. The lowest BCUT2D eigenvalue weighted by molar-refractivity contribution is 0.102. The van der Waals surface area contributed by atoms with Crippen LogP contribution in [-0.2, 0) is 6.54 Å². The largest absolute Gasteiger partial charge is 0.380 e. The van der Waals surface area contributed by atoms with Crippen molar-refractivity contribution in [3.05, 3.63) is 89.1 Å². The van der Waals surface area contributed by atoms with Gasteiger partial charge in [0.15, 0.2) is 0 Å². The first kappa shape index (κ1) is 21.5. The van der Waals surface area contributed by atoms with Crippen LogP contribution in [-0.4, -0.2) is 47.8 Å². The van der Waals surface area contributed by atoms with Crippen molar-refractivity contribution in [2.24, 2.45) is 0 Å². The zero-order valence-corrected chi connectivity index (χ0v) is 18.2. The monoisotopic (exact) mass is 428 g/mol. The van der Waals surface area contributed by atoms with Gasteiger partial charge in [-0.2, -0.15) is 0 Å². The number of rotatable bonds is 6. The van der Waals surface area contributed by atoms with Crippen LogP contribution in [0.2, 0.25) is 0 Å². The molecule has 7 nitrogen and oxygen atoms in total. The fourth-order valence-electron chi connectivity index (χ4n) is 3.61. The maximum absolute atomic E-state index is 12.8. The van der Waals surface area contributed by atoms with E-state index in [9.17, 15) is 4.79 Å². The number of carbonyl (C=O) groups is 1. The molecule has 0 radical (unpaired) electrons. The summed E-state index contributed by atoms with van der Waals surface area (Å²) in [5, 5.41) is 18.0. The highest BCUT2D eigenvalue weighted by atomic mass is 16.1. The maximum atomic E-state index is 12.8. The molecule has 1 aromatic heterocycles. The molecule has 0 unspecified atom stereocenters. The minimum absolute atomic E-state index is 0.204. The van der Waals surface area contributed by atoms with Gasteiger partial charge in [-0.05, 0) is 36.2 Å². The van der Waals surface area contributed by atoms with Crippen molar-refractivity contribution in [3.63, 3.8) is 0 Å². The van der Waals surface area contributed by atoms with Gasteiger partial charge >= 0.3 is 0 Å². The summed E-state index contributed by atoms with van der Waals surface area (Å²) in [7, 11) is 0. The summed E-state index contributed by atoms with van der Waals surface area (Å²) >= 11 is 0. The molecule has 1 aliphatic rings. The van der Waals surface area contributed by atoms with Crippen LogP contribution in [0.1, 0.15) is 27.0 Å². The zero-order chi connectivity index (χ0) is 22.3. The van der Waals surface area contributed by atoms with E-state index in [0.717, 1.165) is 48.6 Å². The second-order valence-electron chi connectivity index (χ2n) is 7.86. The number of nitrogens with one attached hydrogen (secondary N) is 4. The molecule has 1 amide bonds. The lowest BCUT2D eigenvalue weighted by Crippen LogP contribution is -2.46. The van der Waals surface area contributed by atoms with Crippen molar-refractivity contribution < 1.29 is 4.79 Å². The highest BCUT2D eigenvalue weighted by Crippen LogP contribution is 2.18. The van der Waals surface area contributed by atoms with E-state index < -0.39 is 0 Å². The molecule has 2 aromatic carbocycles. The first-order valence-corrected chi connectivity index (χ1v) is 10.8. The molecule has 2 heterocycles. The van der Waals surface area contributed by atoms with E-state index in [1.165, 1.54) is 0 Å². The molecule has 7 heteroatoms. The number of anilines is 2. The maximum Gasteiger partial charge on any atom is 0.258 e. The van der Waals surface area contributed by atoms with Gasteiger partial charge in [-0.1, -0.05) is 42.5 Å². The molecule has 1 saturated heterocycles. The molecule has 0 saturated carbocycles. The van der Waals surface area contributed by atoms with Crippen molar-refractivity contribution in [2.75, 3.05) is 36.8 Å². The van der Waals surface area contributed by atoms with Gasteiger partial charge in [-0.3, -0.25) is 10.2 Å². The smallest absolute Gasteiger partial charge is 0.258 e. The third kappa shape index (κ3) is 5.31. The third-order valence-corrected chi connectivity index (χ3v) is 5.47. The lowest BCUT2D eigenvalue weighted by Gasteiger charge is -2.29. The quantitative estimate of drug-likeness (QED) is 0.356. The van der Waals surface area contributed by atoms with Gasteiger partial charge in [0.05, 0.1) is 5.56 Å². The highest BCUT2D eigenvalue weighted by molar-refractivity contribution is 6.07. The summed E-state index contributed by atoms with van der Waals surface area (Å²) in [6.07, 6.45) is 1.73. The van der Waals surface area contributed by atoms with Crippen molar-refractivity contribution >= 4 is 23.2 Å². The summed E-state index contributed by atoms with van der Waals surface area (Å²) in [5.41, 5.74) is 4.36. The minimum atomic E-state index is -0.204. The first-order valence-electron chi connectivity index (χ1n) is 10.8. The lowest BCUT2D eigenvalue weighted by atomic mass is 10.1. The molecular weight excluding hydrogens is 400 g/mol. The molecule has 0 bridgehead atoms. The van der Waals surface area contributed by atoms with Crippen molar-refractivity contribution in [3.8, 4) is 0 Å². The van der Waals surface area contributed by atoms with Crippen molar-refractivity contribution in [2.45, 2.75) is 13.5 Å². The van der Waals surface area contributed by atoms with E-state index in [-0.39, 0.29) is 5.91 Å². The fraction of sp³-hybridized carbons (Fsp3) is 0.240. The number of nitrogens with zero attached hydrogens (tertiary/aromatic N) is 2. The number of para-hydroxylation sites is 1. The predicted octanol–water partition coefficient (Wildman–Crippen LogP) is 3.48. The Hall–Kier alpha value is -3.71. The SMILES string of the molecule is Cc1ccc(NC(=O)c2ccccc2NCc2ccc(C(=N)N3CCNCC3)cc2)nc1. The number of aromatic nitrogens is 1. The van der Waals surface area contributed by atoms with E-state index >= 15 is 0 Å². The Labute approximate surface area is 188 Å².